The van der Waals surface area contributed by atoms with E-state index in [1.807, 2.05) is 0 Å². The Morgan fingerprint density at radius 1 is 1.39 bits per heavy atom. The molecule has 0 spiro atoms. The van der Waals surface area contributed by atoms with E-state index in [4.69, 9.17) is 5.73 Å². The maximum atomic E-state index is 11.2. The first-order valence-electron chi connectivity index (χ1n) is 6.57. The van der Waals surface area contributed by atoms with Crippen LogP contribution in [0.2, 0.25) is 0 Å². The van der Waals surface area contributed by atoms with Crippen molar-refractivity contribution in [2.75, 3.05) is 33.2 Å². The van der Waals surface area contributed by atoms with Crippen molar-refractivity contribution in [3.05, 3.63) is 0 Å². The Hall–Kier alpha value is -1.14. The first kappa shape index (κ1) is 14.9. The van der Waals surface area contributed by atoms with Crippen molar-refractivity contribution in [1.29, 1.82) is 0 Å². The molecule has 1 fully saturated rings. The summed E-state index contributed by atoms with van der Waals surface area (Å²) in [6.07, 6.45) is 3.33. The second-order valence-electron chi connectivity index (χ2n) is 4.69. The number of primary amides is 1. The molecule has 1 aliphatic heterocycles. The lowest BCUT2D eigenvalue weighted by molar-refractivity contribution is -0.120. The maximum absolute atomic E-state index is 11.2. The van der Waals surface area contributed by atoms with Gasteiger partial charge in [-0.15, -0.1) is 0 Å². The first-order chi connectivity index (χ1) is 8.63. The summed E-state index contributed by atoms with van der Waals surface area (Å²) < 4.78 is 0. The minimum atomic E-state index is -0.298. The molecule has 1 rings (SSSR count). The average Bonchev–Trinajstić information content (AvgIpc) is 2.38. The summed E-state index contributed by atoms with van der Waals surface area (Å²) in [7, 11) is 1.64. The fraction of sp³-hybridized carbons (Fsp3) is 0.833. The fourth-order valence-corrected chi connectivity index (χ4v) is 2.33. The quantitative estimate of drug-likeness (QED) is 0.548. The summed E-state index contributed by atoms with van der Waals surface area (Å²) in [5.74, 6) is -0.257. The van der Waals surface area contributed by atoms with Gasteiger partial charge in [-0.3, -0.25) is 14.5 Å². The van der Waals surface area contributed by atoms with Gasteiger partial charge in [-0.05, 0) is 38.9 Å². The first-order valence-corrected chi connectivity index (χ1v) is 6.57. The van der Waals surface area contributed by atoms with Gasteiger partial charge in [0.2, 0.25) is 11.8 Å². The zero-order chi connectivity index (χ0) is 13.4. The van der Waals surface area contributed by atoms with Gasteiger partial charge in [0.15, 0.2) is 0 Å². The van der Waals surface area contributed by atoms with Crippen LogP contribution in [0.15, 0.2) is 0 Å². The van der Waals surface area contributed by atoms with Crippen molar-refractivity contribution in [1.82, 2.24) is 15.5 Å². The van der Waals surface area contributed by atoms with E-state index in [2.05, 4.69) is 15.5 Å². The van der Waals surface area contributed by atoms with Gasteiger partial charge in [-0.1, -0.05) is 0 Å². The molecular formula is C12H24N4O2. The van der Waals surface area contributed by atoms with Crippen LogP contribution in [-0.2, 0) is 9.59 Å². The van der Waals surface area contributed by atoms with Crippen LogP contribution in [0.1, 0.15) is 25.7 Å². The van der Waals surface area contributed by atoms with Crippen molar-refractivity contribution >= 4 is 11.8 Å². The van der Waals surface area contributed by atoms with E-state index in [0.29, 0.717) is 19.0 Å². The molecule has 0 saturated carbocycles. The largest absolute Gasteiger partial charge is 0.369 e. The van der Waals surface area contributed by atoms with Gasteiger partial charge in [-0.2, -0.15) is 0 Å². The summed E-state index contributed by atoms with van der Waals surface area (Å²) in [4.78, 5) is 24.4. The predicted octanol–water partition coefficient (Wildman–Crippen LogP) is -0.948. The van der Waals surface area contributed by atoms with Crippen LogP contribution in [0.5, 0.6) is 0 Å². The van der Waals surface area contributed by atoms with Crippen molar-refractivity contribution in [2.45, 2.75) is 31.7 Å². The number of nitrogens with one attached hydrogen (secondary N) is 2. The number of hydrogen-bond acceptors (Lipinski definition) is 4. The standard InChI is InChI=1S/C12H24N4O2/c1-14-12(18)3-2-8-16(9-11(13)17)10-4-6-15-7-5-10/h10,15H,2-9H2,1H3,(H2,13,17)(H,14,18). The lowest BCUT2D eigenvalue weighted by atomic mass is 10.0. The van der Waals surface area contributed by atoms with Crippen LogP contribution in [0.3, 0.4) is 0 Å². The third kappa shape index (κ3) is 5.46. The fourth-order valence-electron chi connectivity index (χ4n) is 2.33. The molecule has 6 nitrogen and oxygen atoms in total. The number of amides is 2. The number of nitrogens with zero attached hydrogens (tertiary/aromatic N) is 1. The molecule has 6 heteroatoms. The minimum Gasteiger partial charge on any atom is -0.369 e. The Morgan fingerprint density at radius 3 is 2.61 bits per heavy atom. The van der Waals surface area contributed by atoms with E-state index in [9.17, 15) is 9.59 Å². The third-order valence-corrected chi connectivity index (χ3v) is 3.31. The molecule has 1 saturated heterocycles. The van der Waals surface area contributed by atoms with Gasteiger partial charge in [0.25, 0.3) is 0 Å². The number of nitrogens with two attached hydrogens (primary N) is 1. The molecule has 0 aliphatic carbocycles. The Kier molecular flexibility index (Phi) is 6.67. The van der Waals surface area contributed by atoms with Gasteiger partial charge in [0, 0.05) is 19.5 Å². The Bertz CT molecular complexity index is 277. The highest BCUT2D eigenvalue weighted by Crippen LogP contribution is 2.12. The van der Waals surface area contributed by atoms with Crippen molar-refractivity contribution in [3.8, 4) is 0 Å². The topological polar surface area (TPSA) is 87.5 Å². The normalized spacial score (nSPS) is 16.8. The van der Waals surface area contributed by atoms with Crippen LogP contribution < -0.4 is 16.4 Å². The highest BCUT2D eigenvalue weighted by molar-refractivity contribution is 5.76. The van der Waals surface area contributed by atoms with Crippen LogP contribution in [0.25, 0.3) is 0 Å². The number of carbonyl (C=O) groups excluding carboxylic acids is 2. The third-order valence-electron chi connectivity index (χ3n) is 3.31. The minimum absolute atomic E-state index is 0.0411. The van der Waals surface area contributed by atoms with Crippen LogP contribution in [0, 0.1) is 0 Å². The SMILES string of the molecule is CNC(=O)CCCN(CC(N)=O)C1CCNCC1. The smallest absolute Gasteiger partial charge is 0.231 e. The van der Waals surface area contributed by atoms with E-state index < -0.39 is 0 Å². The van der Waals surface area contributed by atoms with Gasteiger partial charge >= 0.3 is 0 Å². The molecule has 0 aromatic carbocycles. The average molecular weight is 256 g/mol. The molecule has 0 bridgehead atoms. The molecule has 2 amide bonds. The highest BCUT2D eigenvalue weighted by Gasteiger charge is 2.21. The summed E-state index contributed by atoms with van der Waals surface area (Å²) in [5.41, 5.74) is 5.28. The number of rotatable bonds is 7. The molecule has 0 aromatic rings. The van der Waals surface area contributed by atoms with Crippen molar-refractivity contribution < 1.29 is 9.59 Å². The van der Waals surface area contributed by atoms with Gasteiger partial charge < -0.3 is 16.4 Å². The van der Waals surface area contributed by atoms with Crippen molar-refractivity contribution in [2.24, 2.45) is 5.73 Å². The number of carbonyl (C=O) groups is 2. The molecular weight excluding hydrogens is 232 g/mol. The maximum Gasteiger partial charge on any atom is 0.231 e. The second kappa shape index (κ2) is 8.05. The molecule has 1 aliphatic rings. The highest BCUT2D eigenvalue weighted by atomic mass is 16.2. The Balaban J connectivity index is 2.39. The van der Waals surface area contributed by atoms with Gasteiger partial charge in [0.1, 0.15) is 0 Å². The van der Waals surface area contributed by atoms with E-state index in [0.717, 1.165) is 38.9 Å². The predicted molar refractivity (Wildman–Crippen MR) is 70.0 cm³/mol. The van der Waals surface area contributed by atoms with E-state index >= 15 is 0 Å². The van der Waals surface area contributed by atoms with Crippen LogP contribution >= 0.6 is 0 Å². The Labute approximate surface area is 108 Å². The zero-order valence-corrected chi connectivity index (χ0v) is 11.1. The monoisotopic (exact) mass is 256 g/mol. The summed E-state index contributed by atoms with van der Waals surface area (Å²) in [6.45, 7) is 3.00. The lowest BCUT2D eigenvalue weighted by Crippen LogP contribution is -2.47. The van der Waals surface area contributed by atoms with Crippen LogP contribution in [0.4, 0.5) is 0 Å². The van der Waals surface area contributed by atoms with Crippen LogP contribution in [-0.4, -0.2) is 56.0 Å². The molecule has 104 valence electrons. The molecule has 0 unspecified atom stereocenters. The van der Waals surface area contributed by atoms with Gasteiger partial charge in [0.05, 0.1) is 6.54 Å². The lowest BCUT2D eigenvalue weighted by Gasteiger charge is -2.33. The summed E-state index contributed by atoms with van der Waals surface area (Å²) >= 11 is 0. The second-order valence-corrected chi connectivity index (χ2v) is 4.69. The molecule has 4 N–H and O–H groups in total. The van der Waals surface area contributed by atoms with E-state index in [-0.39, 0.29) is 11.8 Å². The van der Waals surface area contributed by atoms with E-state index in [1.165, 1.54) is 0 Å². The zero-order valence-electron chi connectivity index (χ0n) is 11.1. The number of piperidine rings is 1. The molecule has 0 radical (unpaired) electrons. The molecule has 1 heterocycles. The van der Waals surface area contributed by atoms with Crippen molar-refractivity contribution in [3.63, 3.8) is 0 Å². The molecule has 0 aromatic heterocycles. The molecule has 0 atom stereocenters. The van der Waals surface area contributed by atoms with Gasteiger partial charge in [-0.25, -0.2) is 0 Å². The number of hydrogen-bond donors (Lipinski definition) is 3. The summed E-state index contributed by atoms with van der Waals surface area (Å²) in [6, 6.07) is 0.406. The molecule has 18 heavy (non-hydrogen) atoms. The summed E-state index contributed by atoms with van der Waals surface area (Å²) in [5, 5.41) is 5.90. The van der Waals surface area contributed by atoms with E-state index in [1.54, 1.807) is 7.05 Å². The Morgan fingerprint density at radius 2 is 2.06 bits per heavy atom.